The number of hydrogen-bond donors (Lipinski definition) is 0. The number of anilines is 1. The number of hydrogen-bond acceptors (Lipinski definition) is 5. The summed E-state index contributed by atoms with van der Waals surface area (Å²) in [5, 5.41) is 4.12. The Balaban J connectivity index is 1.57. The quantitative estimate of drug-likeness (QED) is 0.703. The summed E-state index contributed by atoms with van der Waals surface area (Å²) in [4.78, 5) is 18.7. The average Bonchev–Trinajstić information content (AvgIpc) is 3.30. The van der Waals surface area contributed by atoms with Crippen LogP contribution in [0.15, 0.2) is 59.1 Å². The van der Waals surface area contributed by atoms with E-state index in [9.17, 15) is 4.79 Å². The van der Waals surface area contributed by atoms with Gasteiger partial charge in [-0.25, -0.2) is 0 Å². The van der Waals surface area contributed by atoms with E-state index in [0.29, 0.717) is 37.0 Å². The summed E-state index contributed by atoms with van der Waals surface area (Å²) >= 11 is 0. The Morgan fingerprint density at radius 3 is 2.73 bits per heavy atom. The molecule has 4 rings (SSSR count). The van der Waals surface area contributed by atoms with E-state index in [2.05, 4.69) is 10.1 Å². The number of amides is 1. The fourth-order valence-corrected chi connectivity index (χ4v) is 3.17. The molecule has 26 heavy (non-hydrogen) atoms. The van der Waals surface area contributed by atoms with Crippen LogP contribution in [-0.4, -0.2) is 29.2 Å². The summed E-state index contributed by atoms with van der Waals surface area (Å²) in [5.74, 6) is 1.66. The number of benzene rings is 2. The second-order valence-electron chi connectivity index (χ2n) is 6.13. The molecule has 0 aliphatic carbocycles. The van der Waals surface area contributed by atoms with Crippen LogP contribution in [0, 0.1) is 0 Å². The lowest BCUT2D eigenvalue weighted by atomic mass is 10.1. The van der Waals surface area contributed by atoms with E-state index < -0.39 is 0 Å². The minimum atomic E-state index is -0.0838. The molecule has 2 aromatic carbocycles. The molecule has 0 unspecified atom stereocenters. The SMILES string of the molecule is CCOc1ccccc1-c1nc([C@H]2CC(=O)N(c3ccccc3)C2)no1. The predicted molar refractivity (Wildman–Crippen MR) is 97.1 cm³/mol. The first-order valence-electron chi connectivity index (χ1n) is 8.67. The molecule has 1 atom stereocenters. The Kier molecular flexibility index (Phi) is 4.39. The summed E-state index contributed by atoms with van der Waals surface area (Å²) < 4.78 is 11.1. The first-order valence-corrected chi connectivity index (χ1v) is 8.67. The van der Waals surface area contributed by atoms with Gasteiger partial charge in [0.25, 0.3) is 5.89 Å². The van der Waals surface area contributed by atoms with Crippen LogP contribution in [0.5, 0.6) is 5.75 Å². The molecule has 0 radical (unpaired) electrons. The summed E-state index contributed by atoms with van der Waals surface area (Å²) in [6.07, 6.45) is 0.376. The smallest absolute Gasteiger partial charge is 0.261 e. The van der Waals surface area contributed by atoms with Gasteiger partial charge >= 0.3 is 0 Å². The van der Waals surface area contributed by atoms with Gasteiger partial charge in [-0.15, -0.1) is 0 Å². The lowest BCUT2D eigenvalue weighted by Crippen LogP contribution is -2.24. The van der Waals surface area contributed by atoms with E-state index in [1.165, 1.54) is 0 Å². The topological polar surface area (TPSA) is 68.5 Å². The zero-order valence-corrected chi connectivity index (χ0v) is 14.5. The third-order valence-corrected chi connectivity index (χ3v) is 4.42. The molecule has 1 aliphatic rings. The van der Waals surface area contributed by atoms with Crippen LogP contribution >= 0.6 is 0 Å². The zero-order chi connectivity index (χ0) is 17.9. The van der Waals surface area contributed by atoms with Crippen molar-refractivity contribution in [1.82, 2.24) is 10.1 Å². The lowest BCUT2D eigenvalue weighted by molar-refractivity contribution is -0.117. The first kappa shape index (κ1) is 16.3. The van der Waals surface area contributed by atoms with Gasteiger partial charge in [0, 0.05) is 24.6 Å². The van der Waals surface area contributed by atoms with Crippen LogP contribution in [0.1, 0.15) is 25.1 Å². The number of nitrogens with zero attached hydrogens (tertiary/aromatic N) is 3. The molecule has 3 aromatic rings. The normalized spacial score (nSPS) is 16.9. The van der Waals surface area contributed by atoms with Crippen LogP contribution in [0.4, 0.5) is 5.69 Å². The second-order valence-corrected chi connectivity index (χ2v) is 6.13. The van der Waals surface area contributed by atoms with Gasteiger partial charge < -0.3 is 14.2 Å². The minimum absolute atomic E-state index is 0.0715. The van der Waals surface area contributed by atoms with E-state index in [4.69, 9.17) is 9.26 Å². The minimum Gasteiger partial charge on any atom is -0.493 e. The van der Waals surface area contributed by atoms with Gasteiger partial charge in [-0.2, -0.15) is 4.98 Å². The highest BCUT2D eigenvalue weighted by atomic mass is 16.5. The molecule has 1 aliphatic heterocycles. The molecule has 0 N–H and O–H groups in total. The molecular formula is C20H19N3O3. The number of para-hydroxylation sites is 2. The molecule has 0 spiro atoms. The molecule has 132 valence electrons. The maximum absolute atomic E-state index is 12.4. The first-order chi connectivity index (χ1) is 12.8. The van der Waals surface area contributed by atoms with Crippen molar-refractivity contribution < 1.29 is 14.1 Å². The van der Waals surface area contributed by atoms with Crippen molar-refractivity contribution in [3.8, 4) is 17.2 Å². The van der Waals surface area contributed by atoms with E-state index in [0.717, 1.165) is 11.3 Å². The third-order valence-electron chi connectivity index (χ3n) is 4.42. The fraction of sp³-hybridized carbons (Fsp3) is 0.250. The Morgan fingerprint density at radius 1 is 1.15 bits per heavy atom. The van der Waals surface area contributed by atoms with Crippen molar-refractivity contribution in [1.29, 1.82) is 0 Å². The monoisotopic (exact) mass is 349 g/mol. The number of aromatic nitrogens is 2. The second kappa shape index (κ2) is 7.00. The Labute approximate surface area is 151 Å². The van der Waals surface area contributed by atoms with Crippen molar-refractivity contribution >= 4 is 11.6 Å². The molecule has 1 aromatic heterocycles. The van der Waals surface area contributed by atoms with Crippen molar-refractivity contribution in [2.75, 3.05) is 18.1 Å². The maximum Gasteiger partial charge on any atom is 0.261 e. The maximum atomic E-state index is 12.4. The van der Waals surface area contributed by atoms with Gasteiger partial charge in [0.05, 0.1) is 12.2 Å². The van der Waals surface area contributed by atoms with Gasteiger partial charge in [0.15, 0.2) is 5.82 Å². The Hall–Kier alpha value is -3.15. The third kappa shape index (κ3) is 3.06. The van der Waals surface area contributed by atoms with Crippen molar-refractivity contribution in [3.05, 3.63) is 60.4 Å². The number of ether oxygens (including phenoxy) is 1. The van der Waals surface area contributed by atoms with Gasteiger partial charge in [-0.3, -0.25) is 4.79 Å². The van der Waals surface area contributed by atoms with E-state index in [1.807, 2.05) is 61.5 Å². The lowest BCUT2D eigenvalue weighted by Gasteiger charge is -2.15. The van der Waals surface area contributed by atoms with Crippen molar-refractivity contribution in [3.63, 3.8) is 0 Å². The van der Waals surface area contributed by atoms with Crippen LogP contribution in [0.3, 0.4) is 0 Å². The zero-order valence-electron chi connectivity index (χ0n) is 14.5. The van der Waals surface area contributed by atoms with Crippen LogP contribution in [0.25, 0.3) is 11.5 Å². The average molecular weight is 349 g/mol. The highest BCUT2D eigenvalue weighted by Crippen LogP contribution is 2.33. The van der Waals surface area contributed by atoms with Gasteiger partial charge in [-0.1, -0.05) is 35.5 Å². The summed E-state index contributed by atoms with van der Waals surface area (Å²) in [7, 11) is 0. The van der Waals surface area contributed by atoms with Gasteiger partial charge in [0.2, 0.25) is 5.91 Å². The highest BCUT2D eigenvalue weighted by molar-refractivity contribution is 5.96. The number of rotatable bonds is 5. The largest absolute Gasteiger partial charge is 0.493 e. The van der Waals surface area contributed by atoms with Crippen LogP contribution in [0.2, 0.25) is 0 Å². The highest BCUT2D eigenvalue weighted by Gasteiger charge is 2.34. The Morgan fingerprint density at radius 2 is 1.92 bits per heavy atom. The molecule has 1 fully saturated rings. The summed E-state index contributed by atoms with van der Waals surface area (Å²) in [6, 6.07) is 17.2. The van der Waals surface area contributed by atoms with Crippen LogP contribution in [-0.2, 0) is 4.79 Å². The predicted octanol–water partition coefficient (Wildman–Crippen LogP) is 3.66. The fourth-order valence-electron chi connectivity index (χ4n) is 3.17. The standard InChI is InChI=1S/C20H19N3O3/c1-2-25-17-11-7-6-10-16(17)20-21-19(22-26-20)14-12-18(24)23(13-14)15-8-4-3-5-9-15/h3-11,14H,2,12-13H2,1H3/t14-/m0/s1. The molecule has 1 saturated heterocycles. The molecule has 2 heterocycles. The summed E-state index contributed by atoms with van der Waals surface area (Å²) in [6.45, 7) is 3.04. The number of carbonyl (C=O) groups excluding carboxylic acids is 1. The van der Waals surface area contributed by atoms with Crippen molar-refractivity contribution in [2.24, 2.45) is 0 Å². The van der Waals surface area contributed by atoms with Gasteiger partial charge in [-0.05, 0) is 31.2 Å². The molecular weight excluding hydrogens is 330 g/mol. The van der Waals surface area contributed by atoms with E-state index in [-0.39, 0.29) is 11.8 Å². The molecule has 1 amide bonds. The van der Waals surface area contributed by atoms with E-state index in [1.54, 1.807) is 4.90 Å². The van der Waals surface area contributed by atoms with E-state index >= 15 is 0 Å². The molecule has 0 bridgehead atoms. The summed E-state index contributed by atoms with van der Waals surface area (Å²) in [5.41, 5.74) is 1.66. The van der Waals surface area contributed by atoms with Gasteiger partial charge in [0.1, 0.15) is 5.75 Å². The molecule has 6 heteroatoms. The van der Waals surface area contributed by atoms with Crippen molar-refractivity contribution in [2.45, 2.75) is 19.3 Å². The number of carbonyl (C=O) groups is 1. The molecule has 6 nitrogen and oxygen atoms in total. The van der Waals surface area contributed by atoms with Crippen LogP contribution < -0.4 is 9.64 Å². The molecule has 0 saturated carbocycles. The Bertz CT molecular complexity index is 907.